The van der Waals surface area contributed by atoms with Crippen LogP contribution in [0.15, 0.2) is 78.9 Å². The molecule has 3 aromatic carbocycles. The summed E-state index contributed by atoms with van der Waals surface area (Å²) >= 11 is 0. The normalized spacial score (nSPS) is 12.9. The summed E-state index contributed by atoms with van der Waals surface area (Å²) in [5, 5.41) is 31.1. The van der Waals surface area contributed by atoms with Crippen molar-refractivity contribution in [2.45, 2.75) is 31.6 Å². The Morgan fingerprint density at radius 1 is 0.933 bits per heavy atom. The van der Waals surface area contributed by atoms with E-state index in [-0.39, 0.29) is 6.61 Å². The van der Waals surface area contributed by atoms with E-state index in [0.717, 1.165) is 27.7 Å². The molecule has 30 heavy (non-hydrogen) atoms. The lowest BCUT2D eigenvalue weighted by Gasteiger charge is -2.29. The largest absolute Gasteiger partial charge is 0.394 e. The number of imidazole rings is 1. The lowest BCUT2D eigenvalue weighted by molar-refractivity contribution is 0.0955. The Bertz CT molecular complexity index is 1080. The second-order valence-corrected chi connectivity index (χ2v) is 7.49. The zero-order valence-electron chi connectivity index (χ0n) is 16.9. The minimum atomic E-state index is -1.41. The average molecular weight is 402 g/mol. The number of hydrogen-bond donors (Lipinski definition) is 3. The van der Waals surface area contributed by atoms with Gasteiger partial charge in [0.15, 0.2) is 11.4 Å². The van der Waals surface area contributed by atoms with Gasteiger partial charge >= 0.3 is 0 Å². The molecule has 5 heteroatoms. The highest BCUT2D eigenvalue weighted by molar-refractivity contribution is 5.77. The minimum Gasteiger partial charge on any atom is -0.394 e. The van der Waals surface area contributed by atoms with Crippen LogP contribution in [0.3, 0.4) is 0 Å². The molecule has 0 aliphatic rings. The molecule has 1 unspecified atom stereocenters. The summed E-state index contributed by atoms with van der Waals surface area (Å²) < 4.78 is 2.02. The summed E-state index contributed by atoms with van der Waals surface area (Å²) in [6, 6.07) is 24.9. The predicted molar refractivity (Wildman–Crippen MR) is 117 cm³/mol. The molecule has 1 aromatic heterocycles. The van der Waals surface area contributed by atoms with E-state index in [2.05, 4.69) is 0 Å². The van der Waals surface area contributed by atoms with Gasteiger partial charge in [0.05, 0.1) is 23.7 Å². The van der Waals surface area contributed by atoms with Crippen LogP contribution in [-0.4, -0.2) is 37.6 Å². The molecular weight excluding hydrogens is 376 g/mol. The third kappa shape index (κ3) is 3.52. The van der Waals surface area contributed by atoms with Gasteiger partial charge in [-0.05, 0) is 35.7 Å². The monoisotopic (exact) mass is 402 g/mol. The van der Waals surface area contributed by atoms with E-state index >= 15 is 0 Å². The van der Waals surface area contributed by atoms with Crippen LogP contribution in [-0.2, 0) is 18.6 Å². The fraction of sp³-hybridized carbons (Fsp3) is 0.240. The fourth-order valence-electron chi connectivity index (χ4n) is 4.01. The highest BCUT2D eigenvalue weighted by Gasteiger charge is 2.38. The van der Waals surface area contributed by atoms with E-state index in [9.17, 15) is 15.3 Å². The summed E-state index contributed by atoms with van der Waals surface area (Å²) in [7, 11) is 0. The van der Waals surface area contributed by atoms with Gasteiger partial charge in [-0.1, -0.05) is 66.7 Å². The molecule has 0 bridgehead atoms. The summed E-state index contributed by atoms with van der Waals surface area (Å²) in [5.41, 5.74) is 2.66. The number of aliphatic hydroxyl groups excluding tert-OH is 2. The van der Waals surface area contributed by atoms with Crippen molar-refractivity contribution >= 4 is 11.0 Å². The van der Waals surface area contributed by atoms with Crippen LogP contribution in [0, 0.1) is 0 Å². The summed E-state index contributed by atoms with van der Waals surface area (Å²) in [5.74, 6) is 0.553. The number of rotatable bonds is 7. The minimum absolute atomic E-state index is 0.280. The number of nitrogens with zero attached hydrogens (tertiary/aromatic N) is 2. The molecular formula is C25H26N2O3. The number of aromatic nitrogens is 2. The van der Waals surface area contributed by atoms with Crippen LogP contribution in [0.4, 0.5) is 0 Å². The van der Waals surface area contributed by atoms with Gasteiger partial charge in [0.2, 0.25) is 0 Å². The Balaban J connectivity index is 1.94. The highest BCUT2D eigenvalue weighted by atomic mass is 16.3. The van der Waals surface area contributed by atoms with Gasteiger partial charge < -0.3 is 19.9 Å². The van der Waals surface area contributed by atoms with E-state index < -0.39 is 11.7 Å². The number of hydrogen-bond acceptors (Lipinski definition) is 4. The van der Waals surface area contributed by atoms with E-state index in [1.807, 2.05) is 90.4 Å². The number of benzene rings is 3. The molecule has 0 aliphatic carbocycles. The first-order chi connectivity index (χ1) is 14.6. The maximum Gasteiger partial charge on any atom is 0.173 e. The second kappa shape index (κ2) is 8.40. The summed E-state index contributed by atoms with van der Waals surface area (Å²) in [6.45, 7) is 2.37. The van der Waals surface area contributed by atoms with Crippen LogP contribution < -0.4 is 0 Å². The zero-order valence-corrected chi connectivity index (χ0v) is 16.9. The lowest BCUT2D eigenvalue weighted by atomic mass is 9.85. The van der Waals surface area contributed by atoms with Gasteiger partial charge in [-0.2, -0.15) is 0 Å². The second-order valence-electron chi connectivity index (χ2n) is 7.49. The van der Waals surface area contributed by atoms with E-state index in [0.29, 0.717) is 18.8 Å². The molecule has 0 spiro atoms. The van der Waals surface area contributed by atoms with Crippen LogP contribution in [0.25, 0.3) is 11.0 Å². The summed E-state index contributed by atoms with van der Waals surface area (Å²) in [6.07, 6.45) is -0.441. The van der Waals surface area contributed by atoms with Crippen molar-refractivity contribution in [1.29, 1.82) is 0 Å². The highest BCUT2D eigenvalue weighted by Crippen LogP contribution is 2.37. The van der Waals surface area contributed by atoms with Gasteiger partial charge in [0.1, 0.15) is 0 Å². The molecule has 4 aromatic rings. The molecule has 0 saturated heterocycles. The Labute approximate surface area is 175 Å². The topological polar surface area (TPSA) is 78.5 Å². The molecule has 1 heterocycles. The van der Waals surface area contributed by atoms with Gasteiger partial charge in [0.25, 0.3) is 0 Å². The molecule has 1 atom stereocenters. The average Bonchev–Trinajstić information content (AvgIpc) is 3.18. The molecule has 0 saturated carbocycles. The van der Waals surface area contributed by atoms with Crippen LogP contribution in [0.1, 0.15) is 29.4 Å². The van der Waals surface area contributed by atoms with Crippen LogP contribution >= 0.6 is 0 Å². The number of aryl methyl sites for hydroxylation is 1. The fourth-order valence-corrected chi connectivity index (χ4v) is 4.01. The Morgan fingerprint density at radius 3 is 2.07 bits per heavy atom. The molecule has 5 nitrogen and oxygen atoms in total. The first-order valence-corrected chi connectivity index (χ1v) is 10.2. The Morgan fingerprint density at radius 2 is 1.53 bits per heavy atom. The SMILES string of the molecule is CCn1c(C(O)(c2ccccc2)c2ccccc2)nc2ccc(CC(O)CO)cc21. The summed E-state index contributed by atoms with van der Waals surface area (Å²) in [4.78, 5) is 4.85. The van der Waals surface area contributed by atoms with Crippen molar-refractivity contribution in [3.05, 3.63) is 101 Å². The van der Waals surface area contributed by atoms with Gasteiger partial charge in [-0.3, -0.25) is 0 Å². The van der Waals surface area contributed by atoms with E-state index in [1.165, 1.54) is 0 Å². The standard InChI is InChI=1S/C25H26N2O3/c1-2-27-23-16-18(15-21(29)17-28)13-14-22(23)26-24(27)25(30,19-9-5-3-6-10-19)20-11-7-4-8-12-20/h3-14,16,21,28-30H,2,15,17H2,1H3. The zero-order chi connectivity index (χ0) is 21.1. The molecule has 3 N–H and O–H groups in total. The van der Waals surface area contributed by atoms with E-state index in [4.69, 9.17) is 4.98 Å². The lowest BCUT2D eigenvalue weighted by Crippen LogP contribution is -2.32. The van der Waals surface area contributed by atoms with Crippen molar-refractivity contribution in [1.82, 2.24) is 9.55 Å². The van der Waals surface area contributed by atoms with Crippen molar-refractivity contribution in [2.24, 2.45) is 0 Å². The van der Waals surface area contributed by atoms with Crippen molar-refractivity contribution in [3.63, 3.8) is 0 Å². The Hall–Kier alpha value is -2.99. The van der Waals surface area contributed by atoms with E-state index in [1.54, 1.807) is 0 Å². The molecule has 0 radical (unpaired) electrons. The van der Waals surface area contributed by atoms with Gasteiger partial charge in [-0.15, -0.1) is 0 Å². The van der Waals surface area contributed by atoms with Gasteiger partial charge in [-0.25, -0.2) is 4.98 Å². The first-order valence-electron chi connectivity index (χ1n) is 10.2. The van der Waals surface area contributed by atoms with Crippen LogP contribution in [0.5, 0.6) is 0 Å². The quantitative estimate of drug-likeness (QED) is 0.443. The number of fused-ring (bicyclic) bond motifs is 1. The third-order valence-electron chi connectivity index (χ3n) is 5.52. The molecule has 0 aliphatic heterocycles. The Kier molecular flexibility index (Phi) is 5.68. The molecule has 4 rings (SSSR count). The maximum atomic E-state index is 12.1. The molecule has 0 amide bonds. The smallest absolute Gasteiger partial charge is 0.173 e. The third-order valence-corrected chi connectivity index (χ3v) is 5.52. The first kappa shape index (κ1) is 20.3. The van der Waals surface area contributed by atoms with Crippen molar-refractivity contribution in [2.75, 3.05) is 6.61 Å². The molecule has 0 fully saturated rings. The van der Waals surface area contributed by atoms with Crippen molar-refractivity contribution < 1.29 is 15.3 Å². The maximum absolute atomic E-state index is 12.1. The predicted octanol–water partition coefficient (Wildman–Crippen LogP) is 3.24. The van der Waals surface area contributed by atoms with Crippen LogP contribution in [0.2, 0.25) is 0 Å². The van der Waals surface area contributed by atoms with Crippen molar-refractivity contribution in [3.8, 4) is 0 Å². The molecule has 154 valence electrons. The van der Waals surface area contributed by atoms with Gasteiger partial charge in [0, 0.05) is 13.0 Å². The number of aliphatic hydroxyl groups is 3.